The predicted molar refractivity (Wildman–Crippen MR) is 144 cm³/mol. The molecule has 10 heteroatoms. The van der Waals surface area contributed by atoms with Crippen molar-refractivity contribution in [3.05, 3.63) is 82.9 Å². The minimum absolute atomic E-state index is 0.0528. The molecular weight excluding hydrogens is 514 g/mol. The summed E-state index contributed by atoms with van der Waals surface area (Å²) < 4.78 is 39.5. The van der Waals surface area contributed by atoms with Crippen LogP contribution in [0.1, 0.15) is 34.8 Å². The summed E-state index contributed by atoms with van der Waals surface area (Å²) in [5, 5.41) is 3.35. The molecular formula is C27H30ClN3O5S. The SMILES string of the molecule is COc1ccc(Cl)cc1NS(=O)(=O)c1cccc(C(=O)NCC(c2ccccc2OC)N2CCCC2)c1. The Labute approximate surface area is 222 Å². The molecule has 0 saturated carbocycles. The zero-order chi connectivity index (χ0) is 26.4. The van der Waals surface area contributed by atoms with Gasteiger partial charge in [0.25, 0.3) is 15.9 Å². The third-order valence-corrected chi connectivity index (χ3v) is 7.95. The van der Waals surface area contributed by atoms with E-state index in [1.807, 2.05) is 24.3 Å². The van der Waals surface area contributed by atoms with Crippen molar-refractivity contribution in [3.8, 4) is 11.5 Å². The van der Waals surface area contributed by atoms with Crippen LogP contribution in [-0.2, 0) is 10.0 Å². The molecule has 3 aromatic rings. The lowest BCUT2D eigenvalue weighted by atomic mass is 10.0. The summed E-state index contributed by atoms with van der Waals surface area (Å²) in [6, 6.07) is 18.3. The molecule has 8 nitrogen and oxygen atoms in total. The lowest BCUT2D eigenvalue weighted by Crippen LogP contribution is -2.37. The van der Waals surface area contributed by atoms with Gasteiger partial charge in [0.15, 0.2) is 0 Å². The molecule has 1 amide bonds. The van der Waals surface area contributed by atoms with Crippen molar-refractivity contribution in [3.63, 3.8) is 0 Å². The highest BCUT2D eigenvalue weighted by Gasteiger charge is 2.27. The Bertz CT molecular complexity index is 1360. The minimum atomic E-state index is -4.01. The molecule has 1 saturated heterocycles. The van der Waals surface area contributed by atoms with Crippen LogP contribution >= 0.6 is 11.6 Å². The van der Waals surface area contributed by atoms with Crippen molar-refractivity contribution in [1.29, 1.82) is 0 Å². The number of halogens is 1. The standard InChI is InChI=1S/C27H30ClN3O5S/c1-35-25-11-4-3-10-22(25)24(31-14-5-6-15-31)18-29-27(32)19-8-7-9-21(16-19)37(33,34)30-23-17-20(28)12-13-26(23)36-2/h3-4,7-13,16-17,24,30H,5-6,14-15,18H2,1-2H3,(H,29,32). The summed E-state index contributed by atoms with van der Waals surface area (Å²) in [4.78, 5) is 15.4. The largest absolute Gasteiger partial charge is 0.496 e. The van der Waals surface area contributed by atoms with E-state index in [1.54, 1.807) is 25.3 Å². The molecule has 1 aliphatic heterocycles. The van der Waals surface area contributed by atoms with Crippen molar-refractivity contribution in [1.82, 2.24) is 10.2 Å². The van der Waals surface area contributed by atoms with Gasteiger partial charge in [-0.3, -0.25) is 14.4 Å². The summed E-state index contributed by atoms with van der Waals surface area (Å²) in [6.45, 7) is 2.23. The highest BCUT2D eigenvalue weighted by molar-refractivity contribution is 7.92. The highest BCUT2D eigenvalue weighted by atomic mass is 35.5. The zero-order valence-electron chi connectivity index (χ0n) is 20.7. The van der Waals surface area contributed by atoms with Crippen molar-refractivity contribution in [2.75, 3.05) is 38.6 Å². The molecule has 1 unspecified atom stereocenters. The molecule has 1 heterocycles. The average molecular weight is 544 g/mol. The molecule has 0 aromatic heterocycles. The van der Waals surface area contributed by atoms with Crippen LogP contribution in [0.25, 0.3) is 0 Å². The quantitative estimate of drug-likeness (QED) is 0.384. The molecule has 196 valence electrons. The lowest BCUT2D eigenvalue weighted by Gasteiger charge is -2.29. The van der Waals surface area contributed by atoms with Crippen LogP contribution in [0.5, 0.6) is 11.5 Å². The monoisotopic (exact) mass is 543 g/mol. The number of nitrogens with zero attached hydrogens (tertiary/aromatic N) is 1. The van der Waals surface area contributed by atoms with Crippen LogP contribution < -0.4 is 19.5 Å². The first kappa shape index (κ1) is 26.8. The van der Waals surface area contributed by atoms with Gasteiger partial charge in [-0.05, 0) is 68.4 Å². The first-order valence-corrected chi connectivity index (χ1v) is 13.8. The second-order valence-corrected chi connectivity index (χ2v) is 10.8. The number of hydrogen-bond donors (Lipinski definition) is 2. The smallest absolute Gasteiger partial charge is 0.262 e. The number of anilines is 1. The van der Waals surface area contributed by atoms with Gasteiger partial charge >= 0.3 is 0 Å². The maximum Gasteiger partial charge on any atom is 0.262 e. The van der Waals surface area contributed by atoms with Crippen molar-refractivity contribution >= 4 is 33.2 Å². The Kier molecular flexibility index (Phi) is 8.58. The van der Waals surface area contributed by atoms with Crippen molar-refractivity contribution in [2.24, 2.45) is 0 Å². The maximum absolute atomic E-state index is 13.1. The van der Waals surface area contributed by atoms with Crippen molar-refractivity contribution in [2.45, 2.75) is 23.8 Å². The number of para-hydroxylation sites is 1. The van der Waals surface area contributed by atoms with E-state index in [1.165, 1.54) is 31.4 Å². The molecule has 1 aliphatic rings. The summed E-state index contributed by atoms with van der Waals surface area (Å²) in [5.41, 5.74) is 1.44. The zero-order valence-corrected chi connectivity index (χ0v) is 22.3. The number of nitrogens with one attached hydrogen (secondary N) is 2. The van der Waals surface area contributed by atoms with E-state index in [4.69, 9.17) is 21.1 Å². The topological polar surface area (TPSA) is 97.0 Å². The Morgan fingerprint density at radius 1 is 0.973 bits per heavy atom. The molecule has 0 bridgehead atoms. The van der Waals surface area contributed by atoms with E-state index < -0.39 is 10.0 Å². The number of rotatable bonds is 10. The third kappa shape index (κ3) is 6.36. The summed E-state index contributed by atoms with van der Waals surface area (Å²) in [6.07, 6.45) is 2.20. The number of amides is 1. The molecule has 3 aromatic carbocycles. The average Bonchev–Trinajstić information content (AvgIpc) is 3.44. The van der Waals surface area contributed by atoms with Crippen LogP contribution in [0, 0.1) is 0 Å². The maximum atomic E-state index is 13.1. The van der Waals surface area contributed by atoms with Gasteiger partial charge in [-0.1, -0.05) is 35.9 Å². The van der Waals surface area contributed by atoms with E-state index in [9.17, 15) is 13.2 Å². The van der Waals surface area contributed by atoms with Gasteiger partial charge in [0.2, 0.25) is 0 Å². The fraction of sp³-hybridized carbons (Fsp3) is 0.296. The fourth-order valence-electron chi connectivity index (χ4n) is 4.49. The Morgan fingerprint density at radius 2 is 1.70 bits per heavy atom. The fourth-order valence-corrected chi connectivity index (χ4v) is 5.77. The molecule has 0 aliphatic carbocycles. The van der Waals surface area contributed by atoms with Gasteiger partial charge in [0, 0.05) is 22.7 Å². The Hall–Kier alpha value is -3.27. The summed E-state index contributed by atoms with van der Waals surface area (Å²) >= 11 is 6.03. The summed E-state index contributed by atoms with van der Waals surface area (Å²) in [5.74, 6) is 0.729. The van der Waals surface area contributed by atoms with E-state index in [2.05, 4.69) is 14.9 Å². The van der Waals surface area contributed by atoms with Crippen LogP contribution in [0.4, 0.5) is 5.69 Å². The number of carbonyl (C=O) groups is 1. The van der Waals surface area contributed by atoms with Crippen LogP contribution in [0.3, 0.4) is 0 Å². The van der Waals surface area contributed by atoms with Gasteiger partial charge in [0.05, 0.1) is 30.8 Å². The number of likely N-dealkylation sites (tertiary alicyclic amines) is 1. The minimum Gasteiger partial charge on any atom is -0.496 e. The number of methoxy groups -OCH3 is 2. The Morgan fingerprint density at radius 3 is 2.43 bits per heavy atom. The second-order valence-electron chi connectivity index (χ2n) is 8.69. The van der Waals surface area contributed by atoms with Gasteiger partial charge in [0.1, 0.15) is 11.5 Å². The highest BCUT2D eigenvalue weighted by Crippen LogP contribution is 2.32. The van der Waals surface area contributed by atoms with Crippen molar-refractivity contribution < 1.29 is 22.7 Å². The van der Waals surface area contributed by atoms with E-state index in [0.717, 1.165) is 37.2 Å². The predicted octanol–water partition coefficient (Wildman–Crippen LogP) is 4.72. The molecule has 1 atom stereocenters. The van der Waals surface area contributed by atoms with Gasteiger partial charge in [-0.15, -0.1) is 0 Å². The van der Waals surface area contributed by atoms with Gasteiger partial charge in [-0.2, -0.15) is 0 Å². The molecule has 2 N–H and O–H groups in total. The number of benzene rings is 3. The molecule has 4 rings (SSSR count). The number of sulfonamides is 1. The normalized spacial score (nSPS) is 14.7. The Balaban J connectivity index is 1.52. The van der Waals surface area contributed by atoms with Crippen LogP contribution in [0.15, 0.2) is 71.6 Å². The molecule has 0 spiro atoms. The van der Waals surface area contributed by atoms with E-state index in [-0.39, 0.29) is 28.1 Å². The van der Waals surface area contributed by atoms with Gasteiger partial charge < -0.3 is 14.8 Å². The molecule has 0 radical (unpaired) electrons. The molecule has 1 fully saturated rings. The number of ether oxygens (including phenoxy) is 2. The van der Waals surface area contributed by atoms with Gasteiger partial charge in [-0.25, -0.2) is 8.42 Å². The first-order chi connectivity index (χ1) is 17.8. The van der Waals surface area contributed by atoms with Crippen LogP contribution in [-0.4, -0.2) is 53.1 Å². The van der Waals surface area contributed by atoms with E-state index >= 15 is 0 Å². The third-order valence-electron chi connectivity index (χ3n) is 6.35. The first-order valence-electron chi connectivity index (χ1n) is 11.9. The lowest BCUT2D eigenvalue weighted by molar-refractivity contribution is 0.0937. The van der Waals surface area contributed by atoms with Crippen LogP contribution in [0.2, 0.25) is 5.02 Å². The number of carbonyl (C=O) groups excluding carboxylic acids is 1. The summed E-state index contributed by atoms with van der Waals surface area (Å²) in [7, 11) is -0.935. The molecule has 37 heavy (non-hydrogen) atoms. The number of hydrogen-bond acceptors (Lipinski definition) is 6. The second kappa shape index (κ2) is 11.9. The van der Waals surface area contributed by atoms with E-state index in [0.29, 0.717) is 17.3 Å².